The van der Waals surface area contributed by atoms with Crippen LogP contribution in [0.3, 0.4) is 0 Å². The Labute approximate surface area is 112 Å². The van der Waals surface area contributed by atoms with Crippen LogP contribution in [0.4, 0.5) is 4.39 Å². The molecule has 0 amide bonds. The average Bonchev–Trinajstić information content (AvgIpc) is 2.28. The summed E-state index contributed by atoms with van der Waals surface area (Å²) < 4.78 is 13.1. The second kappa shape index (κ2) is 5.55. The van der Waals surface area contributed by atoms with E-state index in [1.54, 1.807) is 6.07 Å². The molecule has 1 unspecified atom stereocenters. The maximum Gasteiger partial charge on any atom is 0.103 e. The van der Waals surface area contributed by atoms with Crippen LogP contribution in [0.15, 0.2) is 18.2 Å². The summed E-state index contributed by atoms with van der Waals surface area (Å²) in [5, 5.41) is 1.31. The molecule has 2 rings (SSSR count). The van der Waals surface area contributed by atoms with E-state index in [1.807, 2.05) is 12.1 Å². The van der Waals surface area contributed by atoms with E-state index in [9.17, 15) is 4.39 Å². The van der Waals surface area contributed by atoms with Crippen molar-refractivity contribution in [3.05, 3.63) is 33.8 Å². The Bertz CT molecular complexity index is 369. The highest BCUT2D eigenvalue weighted by Crippen LogP contribution is 2.29. The van der Waals surface area contributed by atoms with Crippen LogP contribution >= 0.6 is 23.2 Å². The number of hydrogen-bond donors (Lipinski definition) is 0. The number of benzene rings is 1. The van der Waals surface area contributed by atoms with Crippen LogP contribution in [-0.2, 0) is 0 Å². The Kier molecular flexibility index (Phi) is 4.29. The first-order valence-electron chi connectivity index (χ1n) is 5.90. The van der Waals surface area contributed by atoms with Crippen molar-refractivity contribution in [3.63, 3.8) is 0 Å². The van der Waals surface area contributed by atoms with Crippen LogP contribution in [-0.4, -0.2) is 24.2 Å². The fourth-order valence-corrected chi connectivity index (χ4v) is 2.83. The van der Waals surface area contributed by atoms with Gasteiger partial charge < -0.3 is 0 Å². The summed E-state index contributed by atoms with van der Waals surface area (Å²) in [7, 11) is 0. The van der Waals surface area contributed by atoms with Gasteiger partial charge in [-0.2, -0.15) is 0 Å². The van der Waals surface area contributed by atoms with Crippen molar-refractivity contribution in [3.8, 4) is 0 Å². The molecule has 17 heavy (non-hydrogen) atoms. The highest BCUT2D eigenvalue weighted by atomic mass is 35.5. The van der Waals surface area contributed by atoms with Gasteiger partial charge in [-0.25, -0.2) is 4.39 Å². The quantitative estimate of drug-likeness (QED) is 0.769. The van der Waals surface area contributed by atoms with Gasteiger partial charge in [-0.3, -0.25) is 4.90 Å². The van der Waals surface area contributed by atoms with E-state index in [0.717, 1.165) is 18.7 Å². The van der Waals surface area contributed by atoms with Crippen molar-refractivity contribution in [1.82, 2.24) is 4.90 Å². The van der Waals surface area contributed by atoms with Crippen LogP contribution in [0.25, 0.3) is 0 Å². The maximum absolute atomic E-state index is 13.1. The molecule has 0 saturated carbocycles. The lowest BCUT2D eigenvalue weighted by molar-refractivity contribution is 0.118. The fourth-order valence-electron chi connectivity index (χ4n) is 2.28. The third-order valence-corrected chi connectivity index (χ3v) is 3.81. The number of nitrogens with zero attached hydrogens (tertiary/aromatic N) is 1. The first-order chi connectivity index (χ1) is 8.06. The Morgan fingerprint density at radius 2 is 1.71 bits per heavy atom. The number of rotatable bonds is 2. The monoisotopic (exact) mass is 275 g/mol. The number of halogens is 3. The van der Waals surface area contributed by atoms with Crippen molar-refractivity contribution >= 4 is 23.2 Å². The Morgan fingerprint density at radius 3 is 2.24 bits per heavy atom. The minimum atomic E-state index is -0.638. The maximum atomic E-state index is 13.1. The molecule has 1 aliphatic heterocycles. The third-order valence-electron chi connectivity index (χ3n) is 3.37. The summed E-state index contributed by atoms with van der Waals surface area (Å²) in [5.41, 5.74) is 1.10. The molecule has 1 nitrogen and oxygen atoms in total. The molecule has 1 heterocycles. The second-order valence-electron chi connectivity index (χ2n) is 4.59. The normalized spacial score (nSPS) is 20.5. The highest BCUT2D eigenvalue weighted by Gasteiger charge is 2.23. The molecule has 0 bridgehead atoms. The zero-order chi connectivity index (χ0) is 12.4. The highest BCUT2D eigenvalue weighted by molar-refractivity contribution is 6.34. The molecule has 1 aliphatic rings. The number of hydrogen-bond acceptors (Lipinski definition) is 1. The minimum Gasteiger partial charge on any atom is -0.296 e. The van der Waals surface area contributed by atoms with E-state index < -0.39 is 6.17 Å². The molecule has 0 radical (unpaired) electrons. The summed E-state index contributed by atoms with van der Waals surface area (Å²) >= 11 is 12.0. The number of alkyl halides is 1. The molecule has 1 fully saturated rings. The average molecular weight is 276 g/mol. The largest absolute Gasteiger partial charge is 0.296 e. The van der Waals surface area contributed by atoms with Gasteiger partial charge in [0.25, 0.3) is 0 Å². The van der Waals surface area contributed by atoms with Crippen molar-refractivity contribution in [2.75, 3.05) is 13.1 Å². The van der Waals surface area contributed by atoms with E-state index in [1.165, 1.54) is 0 Å². The lowest BCUT2D eigenvalue weighted by Gasteiger charge is -2.34. The molecule has 0 N–H and O–H groups in total. The summed E-state index contributed by atoms with van der Waals surface area (Å²) in [6, 6.07) is 5.82. The zero-order valence-corrected chi connectivity index (χ0v) is 11.3. The summed E-state index contributed by atoms with van der Waals surface area (Å²) in [5.74, 6) is 0. The molecular weight excluding hydrogens is 260 g/mol. The van der Waals surface area contributed by atoms with Crippen LogP contribution in [0.1, 0.15) is 31.4 Å². The van der Waals surface area contributed by atoms with Crippen LogP contribution in [0.2, 0.25) is 10.0 Å². The van der Waals surface area contributed by atoms with Gasteiger partial charge >= 0.3 is 0 Å². The second-order valence-corrected chi connectivity index (χ2v) is 5.46. The van der Waals surface area contributed by atoms with Gasteiger partial charge in [0.05, 0.1) is 0 Å². The smallest absolute Gasteiger partial charge is 0.103 e. The molecule has 0 aromatic heterocycles. The minimum absolute atomic E-state index is 0.235. The van der Waals surface area contributed by atoms with E-state index in [0.29, 0.717) is 22.9 Å². The predicted molar refractivity (Wildman–Crippen MR) is 70.6 cm³/mol. The topological polar surface area (TPSA) is 3.24 Å². The SMILES string of the molecule is CC(c1cc(Cl)cc(Cl)c1)N1CCC(F)CC1. The standard InChI is InChI=1S/C13H16Cl2FN/c1-9(17-4-2-13(16)3-5-17)10-6-11(14)8-12(15)7-10/h6-9,13H,2-5H2,1H3. The summed E-state index contributed by atoms with van der Waals surface area (Å²) in [6.07, 6.45) is 0.610. The molecule has 1 aromatic carbocycles. The van der Waals surface area contributed by atoms with Gasteiger partial charge in [-0.15, -0.1) is 0 Å². The van der Waals surface area contributed by atoms with Crippen molar-refractivity contribution < 1.29 is 4.39 Å². The third kappa shape index (κ3) is 3.34. The predicted octanol–water partition coefficient (Wildman–Crippen LogP) is 4.49. The molecule has 1 saturated heterocycles. The first kappa shape index (κ1) is 13.1. The van der Waals surface area contributed by atoms with Crippen LogP contribution in [0, 0.1) is 0 Å². The van der Waals surface area contributed by atoms with E-state index in [-0.39, 0.29) is 6.04 Å². The molecular formula is C13H16Cl2FN. The molecule has 1 aromatic rings. The summed E-state index contributed by atoms with van der Waals surface area (Å²) in [4.78, 5) is 2.28. The summed E-state index contributed by atoms with van der Waals surface area (Å²) in [6.45, 7) is 3.71. The fraction of sp³-hybridized carbons (Fsp3) is 0.538. The van der Waals surface area contributed by atoms with E-state index in [4.69, 9.17) is 23.2 Å². The van der Waals surface area contributed by atoms with Crippen LogP contribution in [0.5, 0.6) is 0 Å². The van der Waals surface area contributed by atoms with Crippen molar-refractivity contribution in [1.29, 1.82) is 0 Å². The lowest BCUT2D eigenvalue weighted by atomic mass is 10.0. The van der Waals surface area contributed by atoms with Crippen molar-refractivity contribution in [2.24, 2.45) is 0 Å². The molecule has 0 aliphatic carbocycles. The zero-order valence-electron chi connectivity index (χ0n) is 9.80. The molecule has 94 valence electrons. The molecule has 4 heteroatoms. The Hall–Kier alpha value is -0.310. The van der Waals surface area contributed by atoms with Gasteiger partial charge in [0.2, 0.25) is 0 Å². The van der Waals surface area contributed by atoms with Gasteiger partial charge in [-0.1, -0.05) is 23.2 Å². The first-order valence-corrected chi connectivity index (χ1v) is 6.66. The van der Waals surface area contributed by atoms with Crippen molar-refractivity contribution in [2.45, 2.75) is 32.0 Å². The Morgan fingerprint density at radius 1 is 1.18 bits per heavy atom. The molecule has 0 spiro atoms. The Balaban J connectivity index is 2.10. The lowest BCUT2D eigenvalue weighted by Crippen LogP contribution is -2.36. The van der Waals surface area contributed by atoms with Gasteiger partial charge in [0.1, 0.15) is 6.17 Å². The van der Waals surface area contributed by atoms with Gasteiger partial charge in [0.15, 0.2) is 0 Å². The van der Waals surface area contributed by atoms with Gasteiger partial charge in [-0.05, 0) is 43.5 Å². The van der Waals surface area contributed by atoms with Gasteiger partial charge in [0, 0.05) is 29.2 Å². The van der Waals surface area contributed by atoms with E-state index >= 15 is 0 Å². The number of piperidine rings is 1. The number of likely N-dealkylation sites (tertiary alicyclic amines) is 1. The van der Waals surface area contributed by atoms with E-state index in [2.05, 4.69) is 11.8 Å². The van der Waals surface area contributed by atoms with Crippen LogP contribution < -0.4 is 0 Å². The molecule has 1 atom stereocenters.